The molecule has 2 fully saturated rings. The molecule has 2 aliphatic rings. The number of alkyl halides is 4. The lowest BCUT2D eigenvalue weighted by Crippen LogP contribution is -2.46. The number of piperidine rings is 1. The molecule has 0 unspecified atom stereocenters. The fourth-order valence-corrected chi connectivity index (χ4v) is 6.72. The van der Waals surface area contributed by atoms with Crippen molar-refractivity contribution in [3.8, 4) is 11.5 Å². The number of morpholine rings is 1. The molecule has 0 bridgehead atoms. The third-order valence-corrected chi connectivity index (χ3v) is 8.78. The number of halogens is 4. The van der Waals surface area contributed by atoms with E-state index in [1.165, 1.54) is 11.3 Å². The molecule has 2 saturated heterocycles. The van der Waals surface area contributed by atoms with Gasteiger partial charge in [-0.3, -0.25) is 4.79 Å². The maximum atomic E-state index is 14.8. The van der Waals surface area contributed by atoms with Gasteiger partial charge >= 0.3 is 6.18 Å². The Morgan fingerprint density at radius 2 is 1.93 bits per heavy atom. The Morgan fingerprint density at radius 3 is 2.67 bits per heavy atom. The zero-order valence-corrected chi connectivity index (χ0v) is 25.8. The van der Waals surface area contributed by atoms with Gasteiger partial charge in [-0.15, -0.1) is 11.3 Å². The average Bonchev–Trinajstić information content (AvgIpc) is 3.72. The van der Waals surface area contributed by atoms with Crippen LogP contribution in [-0.4, -0.2) is 94.3 Å². The van der Waals surface area contributed by atoms with Crippen LogP contribution in [0.2, 0.25) is 0 Å². The molecule has 2 N–H and O–H groups in total. The van der Waals surface area contributed by atoms with Crippen molar-refractivity contribution in [3.05, 3.63) is 41.2 Å². The molecule has 0 spiro atoms. The van der Waals surface area contributed by atoms with Crippen molar-refractivity contribution in [2.75, 3.05) is 43.4 Å². The van der Waals surface area contributed by atoms with Gasteiger partial charge in [-0.05, 0) is 45.5 Å². The standard InChI is InChI=1S/C29H34F4N8O3S/c1-16-11-40(12-17(2)43-16)28-36-22(14-45-28)27(42)34-10-25-37-26(38-44-25)24-9-18-20(35-21-7-8-39(3)13-19(21)30)5-4-6-23(18)41(24)15-29(31,32)33/h4-6,9,14,16-17,19,21,35H,7-8,10-13,15H2,1-3H3,(H,34,42)/t16-,17+,19-,21+/m0/s1. The van der Waals surface area contributed by atoms with E-state index in [4.69, 9.17) is 9.26 Å². The molecule has 0 saturated carbocycles. The number of hydrogen-bond donors (Lipinski definition) is 2. The number of benzene rings is 1. The van der Waals surface area contributed by atoms with Gasteiger partial charge in [0.2, 0.25) is 11.7 Å². The van der Waals surface area contributed by atoms with Crippen molar-refractivity contribution in [2.24, 2.45) is 0 Å². The molecule has 45 heavy (non-hydrogen) atoms. The van der Waals surface area contributed by atoms with E-state index < -0.39 is 30.8 Å². The van der Waals surface area contributed by atoms with E-state index in [9.17, 15) is 22.4 Å². The molecule has 6 rings (SSSR count). The molecule has 0 aliphatic carbocycles. The summed E-state index contributed by atoms with van der Waals surface area (Å²) in [4.78, 5) is 25.6. The van der Waals surface area contributed by atoms with Crippen molar-refractivity contribution in [3.63, 3.8) is 0 Å². The number of amides is 1. The summed E-state index contributed by atoms with van der Waals surface area (Å²) < 4.78 is 68.1. The third kappa shape index (κ3) is 7.07. The number of aromatic nitrogens is 4. The van der Waals surface area contributed by atoms with Crippen LogP contribution in [0, 0.1) is 0 Å². The van der Waals surface area contributed by atoms with Gasteiger partial charge in [0, 0.05) is 42.6 Å². The average molecular weight is 651 g/mol. The van der Waals surface area contributed by atoms with Crippen LogP contribution in [0.5, 0.6) is 0 Å². The lowest BCUT2D eigenvalue weighted by Gasteiger charge is -2.35. The Bertz CT molecular complexity index is 1650. The number of ether oxygens (including phenoxy) is 1. The molecule has 5 heterocycles. The summed E-state index contributed by atoms with van der Waals surface area (Å²) in [6.45, 7) is 4.84. The first-order valence-electron chi connectivity index (χ1n) is 14.7. The number of nitrogens with one attached hydrogen (secondary N) is 2. The first-order valence-corrected chi connectivity index (χ1v) is 15.6. The van der Waals surface area contributed by atoms with Crippen molar-refractivity contribution in [2.45, 2.75) is 64.0 Å². The fourth-order valence-electron chi connectivity index (χ4n) is 5.89. The minimum Gasteiger partial charge on any atom is -0.379 e. The molecular weight excluding hydrogens is 616 g/mol. The van der Waals surface area contributed by atoms with E-state index in [1.807, 2.05) is 25.8 Å². The highest BCUT2D eigenvalue weighted by Gasteiger charge is 2.32. The Hall–Kier alpha value is -3.76. The predicted octanol–water partition coefficient (Wildman–Crippen LogP) is 4.71. The van der Waals surface area contributed by atoms with Crippen LogP contribution in [0.4, 0.5) is 28.4 Å². The summed E-state index contributed by atoms with van der Waals surface area (Å²) in [6.07, 6.45) is -5.03. The van der Waals surface area contributed by atoms with E-state index >= 15 is 0 Å². The number of likely N-dealkylation sites (tertiary alicyclic amines) is 1. The van der Waals surface area contributed by atoms with Crippen molar-refractivity contribution in [1.29, 1.82) is 0 Å². The van der Waals surface area contributed by atoms with E-state index in [0.717, 1.165) is 4.57 Å². The summed E-state index contributed by atoms with van der Waals surface area (Å²) in [5.41, 5.74) is 1.12. The highest BCUT2D eigenvalue weighted by molar-refractivity contribution is 7.13. The third-order valence-electron chi connectivity index (χ3n) is 7.88. The number of hydrogen-bond acceptors (Lipinski definition) is 10. The van der Waals surface area contributed by atoms with Crippen molar-refractivity contribution < 1.29 is 31.6 Å². The molecular formula is C29H34F4N8O3S. The Kier molecular flexibility index (Phi) is 8.72. The fraction of sp³-hybridized carbons (Fsp3) is 0.517. The number of rotatable bonds is 8. The van der Waals surface area contributed by atoms with E-state index in [-0.39, 0.29) is 48.4 Å². The van der Waals surface area contributed by atoms with Crippen LogP contribution in [0.3, 0.4) is 0 Å². The molecule has 16 heteroatoms. The van der Waals surface area contributed by atoms with E-state index in [0.29, 0.717) is 47.8 Å². The first-order chi connectivity index (χ1) is 21.4. The number of carbonyl (C=O) groups excluding carboxylic acids is 1. The summed E-state index contributed by atoms with van der Waals surface area (Å²) in [5, 5.41) is 12.7. The highest BCUT2D eigenvalue weighted by Crippen LogP contribution is 2.35. The van der Waals surface area contributed by atoms with Gasteiger partial charge in [0.05, 0.1) is 36.0 Å². The summed E-state index contributed by atoms with van der Waals surface area (Å²) in [5.74, 6) is -0.508. The molecule has 4 aromatic rings. The van der Waals surface area contributed by atoms with Crippen LogP contribution in [0.1, 0.15) is 36.6 Å². The lowest BCUT2D eigenvalue weighted by molar-refractivity contribution is -0.139. The van der Waals surface area contributed by atoms with Crippen LogP contribution in [0.25, 0.3) is 22.4 Å². The van der Waals surface area contributed by atoms with Crippen molar-refractivity contribution >= 4 is 39.0 Å². The molecule has 2 aliphatic heterocycles. The minimum absolute atomic E-state index is 0.0124. The van der Waals surface area contributed by atoms with Gasteiger partial charge in [0.25, 0.3) is 5.91 Å². The maximum Gasteiger partial charge on any atom is 0.406 e. The second kappa shape index (κ2) is 12.6. The largest absolute Gasteiger partial charge is 0.406 e. The second-order valence-corrected chi connectivity index (χ2v) is 12.5. The highest BCUT2D eigenvalue weighted by atomic mass is 32.1. The van der Waals surface area contributed by atoms with Gasteiger partial charge < -0.3 is 34.3 Å². The van der Waals surface area contributed by atoms with Crippen LogP contribution in [0.15, 0.2) is 34.2 Å². The summed E-state index contributed by atoms with van der Waals surface area (Å²) in [6, 6.07) is 5.99. The van der Waals surface area contributed by atoms with Gasteiger partial charge in [-0.2, -0.15) is 18.2 Å². The topological polar surface area (TPSA) is 114 Å². The predicted molar refractivity (Wildman–Crippen MR) is 161 cm³/mol. The van der Waals surface area contributed by atoms with Gasteiger partial charge in [0.1, 0.15) is 18.4 Å². The second-order valence-electron chi connectivity index (χ2n) is 11.7. The van der Waals surface area contributed by atoms with Gasteiger partial charge in [0.15, 0.2) is 5.13 Å². The first kappa shape index (κ1) is 31.2. The van der Waals surface area contributed by atoms with Crippen LogP contribution < -0.4 is 15.5 Å². The quantitative estimate of drug-likeness (QED) is 0.262. The number of fused-ring (bicyclic) bond motifs is 1. The number of carbonyl (C=O) groups is 1. The molecule has 1 aromatic carbocycles. The molecule has 0 radical (unpaired) electrons. The van der Waals surface area contributed by atoms with E-state index in [2.05, 4.69) is 30.7 Å². The monoisotopic (exact) mass is 650 g/mol. The van der Waals surface area contributed by atoms with Gasteiger partial charge in [-0.1, -0.05) is 11.2 Å². The smallest absolute Gasteiger partial charge is 0.379 e. The Morgan fingerprint density at radius 1 is 1.16 bits per heavy atom. The SMILES string of the molecule is C[C@@H]1CN(c2nc(C(=O)NCc3nc(-c4cc5c(N[C@@H]6CCN(C)C[C@@H]6F)cccc5n4CC(F)(F)F)no3)cs2)C[C@H](C)O1. The Balaban J connectivity index is 1.19. The zero-order chi connectivity index (χ0) is 31.9. The van der Waals surface area contributed by atoms with Gasteiger partial charge in [-0.25, -0.2) is 9.37 Å². The Labute approximate surface area is 260 Å². The number of nitrogens with zero attached hydrogens (tertiary/aromatic N) is 6. The number of anilines is 2. The zero-order valence-electron chi connectivity index (χ0n) is 25.0. The van der Waals surface area contributed by atoms with Crippen LogP contribution >= 0.6 is 11.3 Å². The van der Waals surface area contributed by atoms with Crippen molar-refractivity contribution in [1.82, 2.24) is 29.9 Å². The van der Waals surface area contributed by atoms with Crippen LogP contribution in [-0.2, 0) is 17.8 Å². The molecule has 11 nitrogen and oxygen atoms in total. The lowest BCUT2D eigenvalue weighted by atomic mass is 10.0. The molecule has 242 valence electrons. The van der Waals surface area contributed by atoms with E-state index in [1.54, 1.807) is 29.6 Å². The minimum atomic E-state index is -4.54. The summed E-state index contributed by atoms with van der Waals surface area (Å²) >= 11 is 1.36. The molecule has 4 atom stereocenters. The summed E-state index contributed by atoms with van der Waals surface area (Å²) in [7, 11) is 1.85. The molecule has 1 amide bonds. The molecule has 3 aromatic heterocycles. The number of thiazole rings is 1. The normalized spacial score (nSPS) is 23.0. The maximum absolute atomic E-state index is 14.8.